The molecule has 0 aromatic heterocycles. The van der Waals surface area contributed by atoms with E-state index in [1.54, 1.807) is 30.1 Å². The highest BCUT2D eigenvalue weighted by Gasteiger charge is 2.50. The summed E-state index contributed by atoms with van der Waals surface area (Å²) in [5, 5.41) is 16.8. The van der Waals surface area contributed by atoms with Gasteiger partial charge in [0.15, 0.2) is 12.0 Å². The van der Waals surface area contributed by atoms with Gasteiger partial charge < -0.3 is 25.0 Å². The van der Waals surface area contributed by atoms with E-state index in [-0.39, 0.29) is 13.2 Å². The summed E-state index contributed by atoms with van der Waals surface area (Å²) < 4.78 is 5.59. The van der Waals surface area contributed by atoms with Gasteiger partial charge in [-0.05, 0) is 24.6 Å². The van der Waals surface area contributed by atoms with Crippen LogP contribution in [0.3, 0.4) is 0 Å². The fraction of sp³-hybridized carbons (Fsp3) is 0.500. The van der Waals surface area contributed by atoms with Gasteiger partial charge in [0, 0.05) is 18.6 Å². The Labute approximate surface area is 178 Å². The first-order valence-corrected chi connectivity index (χ1v) is 9.98. The number of rotatable bonds is 7. The third-order valence-electron chi connectivity index (χ3n) is 4.64. The summed E-state index contributed by atoms with van der Waals surface area (Å²) in [4.78, 5) is 31.9. The molecule has 2 saturated heterocycles. The lowest BCUT2D eigenvalue weighted by atomic mass is 10.1. The average Bonchev–Trinajstić information content (AvgIpc) is 3.02. The summed E-state index contributed by atoms with van der Waals surface area (Å²) in [6, 6.07) is 3.62. The van der Waals surface area contributed by atoms with Crippen LogP contribution in [0.25, 0.3) is 0 Å². The fourth-order valence-electron chi connectivity index (χ4n) is 3.20. The van der Waals surface area contributed by atoms with Gasteiger partial charge in [0.25, 0.3) is 5.91 Å². The molecule has 1 aromatic rings. The SMILES string of the molecule is CCCN=C1NC2C(C(=O)NC(=O)N2C)N1CC(O)COc1ccc(Cl)cc1Cl. The molecule has 9 nitrogen and oxygen atoms in total. The lowest BCUT2D eigenvalue weighted by Crippen LogP contribution is -2.65. The van der Waals surface area contributed by atoms with Gasteiger partial charge in [0.1, 0.15) is 24.6 Å². The lowest BCUT2D eigenvalue weighted by molar-refractivity contribution is -0.127. The van der Waals surface area contributed by atoms with Crippen LogP contribution in [0, 0.1) is 0 Å². The van der Waals surface area contributed by atoms with E-state index in [0.717, 1.165) is 6.42 Å². The molecule has 3 atom stereocenters. The number of hydrogen-bond donors (Lipinski definition) is 3. The first kappa shape index (κ1) is 21.5. The summed E-state index contributed by atoms with van der Waals surface area (Å²) in [7, 11) is 1.59. The minimum Gasteiger partial charge on any atom is -0.489 e. The Kier molecular flexibility index (Phi) is 6.71. The predicted molar refractivity (Wildman–Crippen MR) is 109 cm³/mol. The van der Waals surface area contributed by atoms with Gasteiger partial charge >= 0.3 is 6.03 Å². The number of aliphatic imine (C=N–C) groups is 1. The molecular formula is C18H23Cl2N5O4. The Morgan fingerprint density at radius 3 is 2.79 bits per heavy atom. The molecule has 3 rings (SSSR count). The zero-order valence-corrected chi connectivity index (χ0v) is 17.6. The van der Waals surface area contributed by atoms with Crippen molar-refractivity contribution >= 4 is 41.1 Å². The van der Waals surface area contributed by atoms with E-state index in [1.165, 1.54) is 4.90 Å². The number of benzene rings is 1. The average molecular weight is 444 g/mol. The molecule has 2 heterocycles. The molecule has 0 aliphatic carbocycles. The third kappa shape index (κ3) is 4.68. The van der Waals surface area contributed by atoms with Crippen LogP contribution < -0.4 is 15.4 Å². The second-order valence-electron chi connectivity index (χ2n) is 6.84. The van der Waals surface area contributed by atoms with Crippen molar-refractivity contribution in [3.05, 3.63) is 28.2 Å². The molecular weight excluding hydrogens is 421 g/mol. The number of carbonyl (C=O) groups is 2. The number of halogens is 2. The molecule has 29 heavy (non-hydrogen) atoms. The molecule has 0 spiro atoms. The molecule has 2 aliphatic heterocycles. The van der Waals surface area contributed by atoms with E-state index >= 15 is 0 Å². The Balaban J connectivity index is 1.71. The molecule has 0 saturated carbocycles. The van der Waals surface area contributed by atoms with Crippen LogP contribution >= 0.6 is 23.2 Å². The number of urea groups is 1. The molecule has 11 heteroatoms. The van der Waals surface area contributed by atoms with Crippen LogP contribution in [-0.2, 0) is 4.79 Å². The van der Waals surface area contributed by atoms with Crippen molar-refractivity contribution in [3.63, 3.8) is 0 Å². The standard InChI is InChI=1S/C18H23Cl2N5O4/c1-3-6-21-17-22-15-14(16(27)23-18(28)24(15)2)25(17)8-11(26)9-29-13-5-4-10(19)7-12(13)20/h4-5,7,11,14-15,26H,3,6,8-9H2,1-2H3,(H,21,22)(H,23,27,28). The van der Waals surface area contributed by atoms with Crippen LogP contribution in [0.4, 0.5) is 4.79 Å². The Hall–Kier alpha value is -2.23. The van der Waals surface area contributed by atoms with Gasteiger partial charge in [-0.2, -0.15) is 0 Å². The van der Waals surface area contributed by atoms with Crippen LogP contribution in [0.2, 0.25) is 10.0 Å². The van der Waals surface area contributed by atoms with Gasteiger partial charge in [-0.3, -0.25) is 15.1 Å². The number of ether oxygens (including phenoxy) is 1. The number of fused-ring (bicyclic) bond motifs is 1. The maximum atomic E-state index is 12.5. The second kappa shape index (κ2) is 9.06. The number of aliphatic hydroxyl groups excluding tert-OH is 1. The number of nitrogens with zero attached hydrogens (tertiary/aromatic N) is 3. The first-order valence-electron chi connectivity index (χ1n) is 9.23. The number of hydrogen-bond acceptors (Lipinski definition) is 5. The number of aliphatic hydroxyl groups is 1. The highest BCUT2D eigenvalue weighted by molar-refractivity contribution is 6.35. The maximum Gasteiger partial charge on any atom is 0.325 e. The van der Waals surface area contributed by atoms with E-state index in [4.69, 9.17) is 27.9 Å². The molecule has 1 aromatic carbocycles. The molecule has 3 unspecified atom stereocenters. The summed E-state index contributed by atoms with van der Waals surface area (Å²) >= 11 is 12.0. The van der Waals surface area contributed by atoms with Crippen molar-refractivity contribution in [1.29, 1.82) is 0 Å². The number of carbonyl (C=O) groups excluding carboxylic acids is 2. The van der Waals surface area contributed by atoms with E-state index in [2.05, 4.69) is 15.6 Å². The lowest BCUT2D eigenvalue weighted by Gasteiger charge is -2.35. The molecule has 0 bridgehead atoms. The quantitative estimate of drug-likeness (QED) is 0.585. The molecule has 0 radical (unpaired) electrons. The maximum absolute atomic E-state index is 12.5. The monoisotopic (exact) mass is 443 g/mol. The van der Waals surface area contributed by atoms with Crippen molar-refractivity contribution in [2.75, 3.05) is 26.7 Å². The van der Waals surface area contributed by atoms with E-state index < -0.39 is 30.2 Å². The van der Waals surface area contributed by atoms with Crippen molar-refractivity contribution < 1.29 is 19.4 Å². The Morgan fingerprint density at radius 1 is 1.34 bits per heavy atom. The number of guanidine groups is 1. The fourth-order valence-corrected chi connectivity index (χ4v) is 3.66. The number of nitrogens with one attached hydrogen (secondary N) is 2. The smallest absolute Gasteiger partial charge is 0.325 e. The van der Waals surface area contributed by atoms with E-state index in [9.17, 15) is 14.7 Å². The van der Waals surface area contributed by atoms with Gasteiger partial charge in [0.2, 0.25) is 0 Å². The van der Waals surface area contributed by atoms with Crippen LogP contribution in [0.1, 0.15) is 13.3 Å². The van der Waals surface area contributed by atoms with Crippen molar-refractivity contribution in [3.8, 4) is 5.75 Å². The topological polar surface area (TPSA) is 106 Å². The van der Waals surface area contributed by atoms with Gasteiger partial charge in [-0.15, -0.1) is 0 Å². The second-order valence-corrected chi connectivity index (χ2v) is 7.68. The summed E-state index contributed by atoms with van der Waals surface area (Å²) in [5.41, 5.74) is 0. The molecule has 3 amide bonds. The Morgan fingerprint density at radius 2 is 2.10 bits per heavy atom. The number of β-amino-alcohol motifs (C(OH)–C–C–N with tert-alkyl or cyclic N) is 1. The zero-order chi connectivity index (χ0) is 21.1. The zero-order valence-electron chi connectivity index (χ0n) is 16.1. The Bertz CT molecular complexity index is 821. The summed E-state index contributed by atoms with van der Waals surface area (Å²) in [5.74, 6) is 0.413. The van der Waals surface area contributed by atoms with E-state index in [1.807, 2.05) is 6.92 Å². The number of amides is 3. The largest absolute Gasteiger partial charge is 0.489 e. The molecule has 2 fully saturated rings. The molecule has 2 aliphatic rings. The highest BCUT2D eigenvalue weighted by atomic mass is 35.5. The predicted octanol–water partition coefficient (Wildman–Crippen LogP) is 1.28. The van der Waals surface area contributed by atoms with Gasteiger partial charge in [-0.1, -0.05) is 30.1 Å². The van der Waals surface area contributed by atoms with Gasteiger partial charge in [0.05, 0.1) is 11.6 Å². The van der Waals surface area contributed by atoms with Crippen LogP contribution in [-0.4, -0.2) is 77.9 Å². The summed E-state index contributed by atoms with van der Waals surface area (Å²) in [6.07, 6.45) is -0.689. The normalized spacial score (nSPS) is 23.7. The number of imide groups is 1. The van der Waals surface area contributed by atoms with Crippen LogP contribution in [0.5, 0.6) is 5.75 Å². The minimum atomic E-state index is -0.940. The van der Waals surface area contributed by atoms with Gasteiger partial charge in [-0.25, -0.2) is 4.79 Å². The summed E-state index contributed by atoms with van der Waals surface area (Å²) in [6.45, 7) is 2.56. The molecule has 3 N–H and O–H groups in total. The van der Waals surface area contributed by atoms with Crippen molar-refractivity contribution in [2.45, 2.75) is 31.7 Å². The van der Waals surface area contributed by atoms with Crippen molar-refractivity contribution in [2.24, 2.45) is 4.99 Å². The highest BCUT2D eigenvalue weighted by Crippen LogP contribution is 2.28. The van der Waals surface area contributed by atoms with Crippen molar-refractivity contribution in [1.82, 2.24) is 20.4 Å². The molecule has 158 valence electrons. The number of likely N-dealkylation sites (N-methyl/N-ethyl adjacent to an activating group) is 1. The first-order chi connectivity index (χ1) is 13.8. The minimum absolute atomic E-state index is 0.0489. The van der Waals surface area contributed by atoms with Crippen LogP contribution in [0.15, 0.2) is 23.2 Å². The van der Waals surface area contributed by atoms with E-state index in [0.29, 0.717) is 28.3 Å². The third-order valence-corrected chi connectivity index (χ3v) is 5.17.